The van der Waals surface area contributed by atoms with Gasteiger partial charge in [0.2, 0.25) is 0 Å². The van der Waals surface area contributed by atoms with Crippen molar-refractivity contribution in [3.05, 3.63) is 71.8 Å². The zero-order chi connectivity index (χ0) is 13.9. The topological polar surface area (TPSA) is 42.0 Å². The van der Waals surface area contributed by atoms with Crippen molar-refractivity contribution in [1.82, 2.24) is 4.98 Å². The van der Waals surface area contributed by atoms with E-state index in [1.165, 1.54) is 5.56 Å². The van der Waals surface area contributed by atoms with Crippen LogP contribution in [0.2, 0.25) is 0 Å². The highest BCUT2D eigenvalue weighted by molar-refractivity contribution is 6.04. The summed E-state index contributed by atoms with van der Waals surface area (Å²) in [4.78, 5) is 16.5. The molecule has 1 amide bonds. The van der Waals surface area contributed by atoms with Crippen molar-refractivity contribution >= 4 is 22.6 Å². The Morgan fingerprint density at radius 2 is 1.80 bits per heavy atom. The number of aryl methyl sites for hydroxylation is 1. The van der Waals surface area contributed by atoms with Crippen molar-refractivity contribution in [2.24, 2.45) is 0 Å². The number of nitrogens with zero attached hydrogens (tertiary/aromatic N) is 1. The first kappa shape index (κ1) is 12.4. The van der Waals surface area contributed by atoms with Crippen molar-refractivity contribution in [2.45, 2.75) is 6.92 Å². The van der Waals surface area contributed by atoms with Crippen LogP contribution in [0.25, 0.3) is 10.9 Å². The molecule has 3 rings (SSSR count). The molecule has 1 heterocycles. The van der Waals surface area contributed by atoms with Crippen LogP contribution in [0.1, 0.15) is 15.9 Å². The van der Waals surface area contributed by atoms with Gasteiger partial charge in [0, 0.05) is 10.9 Å². The molecule has 0 saturated carbocycles. The molecular formula is C17H14N2O. The van der Waals surface area contributed by atoms with E-state index in [1.807, 2.05) is 49.4 Å². The molecule has 3 nitrogen and oxygen atoms in total. The van der Waals surface area contributed by atoms with Gasteiger partial charge in [-0.3, -0.25) is 4.79 Å². The van der Waals surface area contributed by atoms with Gasteiger partial charge in [0.25, 0.3) is 5.91 Å². The van der Waals surface area contributed by atoms with Crippen LogP contribution >= 0.6 is 0 Å². The lowest BCUT2D eigenvalue weighted by atomic mass is 10.1. The summed E-state index contributed by atoms with van der Waals surface area (Å²) in [7, 11) is 0. The van der Waals surface area contributed by atoms with E-state index < -0.39 is 0 Å². The molecule has 0 bridgehead atoms. The molecule has 0 atom stereocenters. The first-order valence-electron chi connectivity index (χ1n) is 6.46. The van der Waals surface area contributed by atoms with E-state index in [0.29, 0.717) is 11.4 Å². The highest BCUT2D eigenvalue weighted by Crippen LogP contribution is 2.17. The quantitative estimate of drug-likeness (QED) is 0.763. The molecule has 20 heavy (non-hydrogen) atoms. The van der Waals surface area contributed by atoms with Crippen LogP contribution in [-0.4, -0.2) is 10.9 Å². The van der Waals surface area contributed by atoms with E-state index in [-0.39, 0.29) is 5.91 Å². The minimum atomic E-state index is -0.149. The lowest BCUT2D eigenvalue weighted by Crippen LogP contribution is -2.12. The number of amides is 1. The molecular weight excluding hydrogens is 248 g/mol. The lowest BCUT2D eigenvalue weighted by molar-refractivity contribution is 0.102. The first-order valence-corrected chi connectivity index (χ1v) is 6.46. The number of anilines is 1. The van der Waals surface area contributed by atoms with E-state index in [0.717, 1.165) is 10.9 Å². The van der Waals surface area contributed by atoms with Crippen molar-refractivity contribution in [3.63, 3.8) is 0 Å². The predicted octanol–water partition coefficient (Wildman–Crippen LogP) is 3.80. The summed E-state index contributed by atoms with van der Waals surface area (Å²) in [6.07, 6.45) is 0. The maximum atomic E-state index is 12.1. The van der Waals surface area contributed by atoms with Crippen molar-refractivity contribution < 1.29 is 4.79 Å². The Morgan fingerprint density at radius 1 is 1.00 bits per heavy atom. The molecule has 0 aliphatic heterocycles. The molecule has 98 valence electrons. The molecule has 0 fully saturated rings. The molecule has 0 unspecified atom stereocenters. The van der Waals surface area contributed by atoms with E-state index in [2.05, 4.69) is 16.4 Å². The van der Waals surface area contributed by atoms with Crippen molar-refractivity contribution in [3.8, 4) is 0 Å². The van der Waals surface area contributed by atoms with Gasteiger partial charge < -0.3 is 5.32 Å². The number of pyridine rings is 1. The number of aromatic nitrogens is 1. The van der Waals surface area contributed by atoms with E-state index in [9.17, 15) is 4.79 Å². The third kappa shape index (κ3) is 2.52. The van der Waals surface area contributed by atoms with E-state index in [1.54, 1.807) is 12.1 Å². The minimum absolute atomic E-state index is 0.149. The normalized spacial score (nSPS) is 10.4. The molecule has 0 radical (unpaired) electrons. The van der Waals surface area contributed by atoms with Gasteiger partial charge in [0.1, 0.15) is 5.82 Å². The molecule has 0 saturated heterocycles. The zero-order valence-electron chi connectivity index (χ0n) is 11.1. The fraction of sp³-hybridized carbons (Fsp3) is 0.0588. The molecule has 3 heteroatoms. The zero-order valence-corrected chi connectivity index (χ0v) is 11.1. The van der Waals surface area contributed by atoms with Gasteiger partial charge in [0.15, 0.2) is 0 Å². The lowest BCUT2D eigenvalue weighted by Gasteiger charge is -2.06. The smallest absolute Gasteiger partial charge is 0.256 e. The summed E-state index contributed by atoms with van der Waals surface area (Å²) < 4.78 is 0. The summed E-state index contributed by atoms with van der Waals surface area (Å²) in [5, 5.41) is 3.89. The fourth-order valence-electron chi connectivity index (χ4n) is 2.09. The summed E-state index contributed by atoms with van der Waals surface area (Å²) in [6, 6.07) is 19.0. The SMILES string of the molecule is Cc1ccc2nc(NC(=O)c3ccccc3)ccc2c1. The molecule has 1 N–H and O–H groups in total. The van der Waals surface area contributed by atoms with Crippen LogP contribution in [0, 0.1) is 6.92 Å². The number of nitrogens with one attached hydrogen (secondary N) is 1. The Morgan fingerprint density at radius 3 is 2.60 bits per heavy atom. The van der Waals surface area contributed by atoms with Gasteiger partial charge in [0.05, 0.1) is 5.52 Å². The standard InChI is InChI=1S/C17H14N2O/c1-12-7-9-15-14(11-12)8-10-16(18-15)19-17(20)13-5-3-2-4-6-13/h2-11H,1H3,(H,18,19,20). The van der Waals surface area contributed by atoms with Gasteiger partial charge in [-0.25, -0.2) is 4.98 Å². The number of fused-ring (bicyclic) bond motifs is 1. The van der Waals surface area contributed by atoms with Crippen LogP contribution in [0.3, 0.4) is 0 Å². The second-order valence-electron chi connectivity index (χ2n) is 4.71. The maximum Gasteiger partial charge on any atom is 0.256 e. The van der Waals surface area contributed by atoms with Crippen LogP contribution in [0.15, 0.2) is 60.7 Å². The largest absolute Gasteiger partial charge is 0.307 e. The molecule has 0 aliphatic rings. The van der Waals surface area contributed by atoms with Gasteiger partial charge in [-0.2, -0.15) is 0 Å². The number of hydrogen-bond donors (Lipinski definition) is 1. The highest BCUT2D eigenvalue weighted by Gasteiger charge is 2.06. The average molecular weight is 262 g/mol. The number of rotatable bonds is 2. The Hall–Kier alpha value is -2.68. The van der Waals surface area contributed by atoms with Gasteiger partial charge in [-0.05, 0) is 43.3 Å². The number of hydrogen-bond acceptors (Lipinski definition) is 2. The predicted molar refractivity (Wildman–Crippen MR) is 80.9 cm³/mol. The van der Waals surface area contributed by atoms with Gasteiger partial charge >= 0.3 is 0 Å². The Bertz CT molecular complexity index is 766. The monoisotopic (exact) mass is 262 g/mol. The van der Waals surface area contributed by atoms with Gasteiger partial charge in [-0.1, -0.05) is 29.8 Å². The average Bonchev–Trinajstić information content (AvgIpc) is 2.48. The second-order valence-corrected chi connectivity index (χ2v) is 4.71. The molecule has 1 aromatic heterocycles. The number of carbonyl (C=O) groups excluding carboxylic acids is 1. The van der Waals surface area contributed by atoms with Crippen molar-refractivity contribution in [1.29, 1.82) is 0 Å². The first-order chi connectivity index (χ1) is 9.72. The molecule has 0 aliphatic carbocycles. The highest BCUT2D eigenvalue weighted by atomic mass is 16.1. The number of carbonyl (C=O) groups is 1. The van der Waals surface area contributed by atoms with Crippen molar-refractivity contribution in [2.75, 3.05) is 5.32 Å². The minimum Gasteiger partial charge on any atom is -0.307 e. The van der Waals surface area contributed by atoms with E-state index >= 15 is 0 Å². The van der Waals surface area contributed by atoms with Gasteiger partial charge in [-0.15, -0.1) is 0 Å². The summed E-state index contributed by atoms with van der Waals surface area (Å²) in [5.41, 5.74) is 2.69. The summed E-state index contributed by atoms with van der Waals surface area (Å²) in [6.45, 7) is 2.05. The van der Waals surface area contributed by atoms with Crippen LogP contribution < -0.4 is 5.32 Å². The van der Waals surface area contributed by atoms with Crippen LogP contribution in [0.5, 0.6) is 0 Å². The van der Waals surface area contributed by atoms with Crippen LogP contribution in [-0.2, 0) is 0 Å². The molecule has 2 aromatic carbocycles. The number of benzene rings is 2. The third-order valence-corrected chi connectivity index (χ3v) is 3.12. The van der Waals surface area contributed by atoms with Crippen LogP contribution in [0.4, 0.5) is 5.82 Å². The van der Waals surface area contributed by atoms with E-state index in [4.69, 9.17) is 0 Å². The third-order valence-electron chi connectivity index (χ3n) is 3.12. The molecule has 0 spiro atoms. The Labute approximate surface area is 117 Å². The maximum absolute atomic E-state index is 12.1. The Kier molecular flexibility index (Phi) is 3.17. The summed E-state index contributed by atoms with van der Waals surface area (Å²) in [5.74, 6) is 0.416. The summed E-state index contributed by atoms with van der Waals surface area (Å²) >= 11 is 0. The second kappa shape index (κ2) is 5.13. The molecule has 3 aromatic rings. The Balaban J connectivity index is 1.88. The fourth-order valence-corrected chi connectivity index (χ4v) is 2.09.